The molecule has 0 aliphatic heterocycles. The molecule has 2 aromatic carbocycles. The second-order valence-electron chi connectivity index (χ2n) is 6.20. The summed E-state index contributed by atoms with van der Waals surface area (Å²) < 4.78 is 6.84. The second-order valence-corrected chi connectivity index (χ2v) is 6.63. The number of phenols is 1. The van der Waals surface area contributed by atoms with Crippen molar-refractivity contribution >= 4 is 34.7 Å². The first kappa shape index (κ1) is 18.7. The van der Waals surface area contributed by atoms with Crippen LogP contribution in [0.2, 0.25) is 5.02 Å². The first-order valence-electron chi connectivity index (χ1n) is 8.69. The summed E-state index contributed by atoms with van der Waals surface area (Å²) in [5.74, 6) is 0.980. The molecule has 0 radical (unpaired) electrons. The fourth-order valence-electron chi connectivity index (χ4n) is 2.91. The van der Waals surface area contributed by atoms with Crippen LogP contribution in [0.15, 0.2) is 53.9 Å². The van der Waals surface area contributed by atoms with Gasteiger partial charge in [-0.05, 0) is 55.0 Å². The summed E-state index contributed by atoms with van der Waals surface area (Å²) in [7, 11) is 1.49. The fraction of sp³-hybridized carbons (Fsp3) is 0.100. The lowest BCUT2D eigenvalue weighted by molar-refractivity contribution is 0.373. The second kappa shape index (κ2) is 7.76. The van der Waals surface area contributed by atoms with Crippen molar-refractivity contribution in [2.75, 3.05) is 12.5 Å². The minimum absolute atomic E-state index is 0.0698. The third-order valence-corrected chi connectivity index (χ3v) is 4.55. The predicted octanol–water partition coefficient (Wildman–Crippen LogP) is 3.94. The standard InChI is InChI=1S/C20H17ClN6O2/c1-12-18-19(25-24-10-13-3-8-16(28)17(9-13)29-2)22-11-23-20(18)27(26-12)15-6-4-14(21)5-7-15/h3-11,28H,1-2H3,(H,22,23,25)/b24-10+. The highest BCUT2D eigenvalue weighted by atomic mass is 35.5. The van der Waals surface area contributed by atoms with Crippen LogP contribution in [0.3, 0.4) is 0 Å². The van der Waals surface area contributed by atoms with E-state index in [4.69, 9.17) is 16.3 Å². The topological polar surface area (TPSA) is 97.5 Å². The molecule has 0 aliphatic rings. The van der Waals surface area contributed by atoms with E-state index in [-0.39, 0.29) is 5.75 Å². The number of rotatable bonds is 5. The van der Waals surface area contributed by atoms with E-state index >= 15 is 0 Å². The number of anilines is 1. The number of aryl methyl sites for hydroxylation is 1. The maximum Gasteiger partial charge on any atom is 0.168 e. The zero-order chi connectivity index (χ0) is 20.4. The molecule has 0 saturated carbocycles. The van der Waals surface area contributed by atoms with Gasteiger partial charge < -0.3 is 9.84 Å². The molecule has 0 bridgehead atoms. The van der Waals surface area contributed by atoms with E-state index in [1.165, 1.54) is 13.4 Å². The van der Waals surface area contributed by atoms with Gasteiger partial charge >= 0.3 is 0 Å². The number of hydrogen-bond donors (Lipinski definition) is 2. The third-order valence-electron chi connectivity index (χ3n) is 4.30. The number of nitrogens with zero attached hydrogens (tertiary/aromatic N) is 5. The average Bonchev–Trinajstić information content (AvgIpc) is 3.07. The van der Waals surface area contributed by atoms with Crippen molar-refractivity contribution in [3.05, 3.63) is 65.1 Å². The Balaban J connectivity index is 1.66. The van der Waals surface area contributed by atoms with E-state index in [0.717, 1.165) is 22.3 Å². The van der Waals surface area contributed by atoms with E-state index in [0.29, 0.717) is 22.2 Å². The van der Waals surface area contributed by atoms with Crippen LogP contribution in [0.4, 0.5) is 5.82 Å². The van der Waals surface area contributed by atoms with Crippen LogP contribution < -0.4 is 10.2 Å². The van der Waals surface area contributed by atoms with Gasteiger partial charge in [0.25, 0.3) is 0 Å². The van der Waals surface area contributed by atoms with Crippen molar-refractivity contribution in [2.24, 2.45) is 5.10 Å². The molecular formula is C20H17ClN6O2. The van der Waals surface area contributed by atoms with Crippen LogP contribution in [0.5, 0.6) is 11.5 Å². The monoisotopic (exact) mass is 408 g/mol. The molecule has 0 unspecified atom stereocenters. The molecule has 0 saturated heterocycles. The number of halogens is 1. The number of fused-ring (bicyclic) bond motifs is 1. The molecule has 0 amide bonds. The maximum atomic E-state index is 9.68. The highest BCUT2D eigenvalue weighted by Gasteiger charge is 2.15. The van der Waals surface area contributed by atoms with Crippen LogP contribution >= 0.6 is 11.6 Å². The zero-order valence-corrected chi connectivity index (χ0v) is 16.4. The summed E-state index contributed by atoms with van der Waals surface area (Å²) in [6.45, 7) is 1.89. The van der Waals surface area contributed by atoms with Gasteiger partial charge in [0.2, 0.25) is 0 Å². The van der Waals surface area contributed by atoms with Crippen molar-refractivity contribution < 1.29 is 9.84 Å². The molecule has 146 valence electrons. The van der Waals surface area contributed by atoms with Crippen LogP contribution in [0.25, 0.3) is 16.7 Å². The minimum Gasteiger partial charge on any atom is -0.504 e. The Kier molecular flexibility index (Phi) is 5.01. The number of aromatic hydroxyl groups is 1. The maximum absolute atomic E-state index is 9.68. The van der Waals surface area contributed by atoms with Crippen molar-refractivity contribution in [1.29, 1.82) is 0 Å². The van der Waals surface area contributed by atoms with Crippen molar-refractivity contribution in [1.82, 2.24) is 19.7 Å². The Morgan fingerprint density at radius 3 is 2.72 bits per heavy atom. The molecule has 9 heteroatoms. The Morgan fingerprint density at radius 2 is 1.97 bits per heavy atom. The van der Waals surface area contributed by atoms with E-state index < -0.39 is 0 Å². The van der Waals surface area contributed by atoms with E-state index in [1.807, 2.05) is 19.1 Å². The predicted molar refractivity (Wildman–Crippen MR) is 112 cm³/mol. The Morgan fingerprint density at radius 1 is 1.17 bits per heavy atom. The average molecular weight is 409 g/mol. The zero-order valence-electron chi connectivity index (χ0n) is 15.7. The first-order valence-corrected chi connectivity index (χ1v) is 9.07. The first-order chi connectivity index (χ1) is 14.1. The molecule has 2 aromatic heterocycles. The lowest BCUT2D eigenvalue weighted by Crippen LogP contribution is -1.99. The number of aromatic nitrogens is 4. The summed E-state index contributed by atoms with van der Waals surface area (Å²) in [4.78, 5) is 8.67. The number of hydrazone groups is 1. The lowest BCUT2D eigenvalue weighted by atomic mass is 10.2. The largest absolute Gasteiger partial charge is 0.504 e. The van der Waals surface area contributed by atoms with Gasteiger partial charge in [-0.3, -0.25) is 5.43 Å². The molecule has 0 spiro atoms. The molecule has 0 aliphatic carbocycles. The van der Waals surface area contributed by atoms with E-state index in [1.54, 1.807) is 41.2 Å². The van der Waals surface area contributed by atoms with Crippen molar-refractivity contribution in [3.63, 3.8) is 0 Å². The molecule has 2 N–H and O–H groups in total. The van der Waals surface area contributed by atoms with Crippen LogP contribution in [-0.4, -0.2) is 38.2 Å². The molecule has 29 heavy (non-hydrogen) atoms. The number of methoxy groups -OCH3 is 1. The summed E-state index contributed by atoms with van der Waals surface area (Å²) in [5, 5.41) is 19.9. The Labute approximate surface area is 171 Å². The van der Waals surface area contributed by atoms with Gasteiger partial charge in [0.15, 0.2) is 23.0 Å². The molecule has 4 aromatic rings. The summed E-state index contributed by atoms with van der Waals surface area (Å²) >= 11 is 5.98. The highest BCUT2D eigenvalue weighted by molar-refractivity contribution is 6.30. The smallest absolute Gasteiger partial charge is 0.168 e. The minimum atomic E-state index is 0.0698. The normalized spacial score (nSPS) is 11.3. The number of hydrogen-bond acceptors (Lipinski definition) is 7. The van der Waals surface area contributed by atoms with Crippen molar-refractivity contribution in [3.8, 4) is 17.2 Å². The number of nitrogens with one attached hydrogen (secondary N) is 1. The van der Waals surface area contributed by atoms with Crippen LogP contribution in [0.1, 0.15) is 11.3 Å². The van der Waals surface area contributed by atoms with Gasteiger partial charge in [-0.15, -0.1) is 0 Å². The van der Waals surface area contributed by atoms with Crippen LogP contribution in [-0.2, 0) is 0 Å². The number of phenolic OH excluding ortho intramolecular Hbond substituents is 1. The fourth-order valence-corrected chi connectivity index (χ4v) is 3.03. The van der Waals surface area contributed by atoms with E-state index in [2.05, 4.69) is 25.6 Å². The Hall–Kier alpha value is -3.65. The number of benzene rings is 2. The molecule has 0 atom stereocenters. The quantitative estimate of drug-likeness (QED) is 0.383. The van der Waals surface area contributed by atoms with Gasteiger partial charge in [0.1, 0.15) is 6.33 Å². The van der Waals surface area contributed by atoms with Gasteiger partial charge in [-0.2, -0.15) is 10.2 Å². The number of ether oxygens (including phenoxy) is 1. The molecule has 8 nitrogen and oxygen atoms in total. The molecule has 0 fully saturated rings. The molecular weight excluding hydrogens is 392 g/mol. The van der Waals surface area contributed by atoms with Crippen molar-refractivity contribution in [2.45, 2.75) is 6.92 Å². The van der Waals surface area contributed by atoms with Gasteiger partial charge in [-0.25, -0.2) is 14.6 Å². The summed E-state index contributed by atoms with van der Waals surface area (Å²) in [5.41, 5.74) is 5.96. The highest BCUT2D eigenvalue weighted by Crippen LogP contribution is 2.27. The van der Waals surface area contributed by atoms with Gasteiger partial charge in [-0.1, -0.05) is 11.6 Å². The van der Waals surface area contributed by atoms with Gasteiger partial charge in [0, 0.05) is 5.02 Å². The van der Waals surface area contributed by atoms with Crippen LogP contribution in [0, 0.1) is 6.92 Å². The lowest BCUT2D eigenvalue weighted by Gasteiger charge is -2.05. The van der Waals surface area contributed by atoms with Gasteiger partial charge in [0.05, 0.1) is 30.1 Å². The third kappa shape index (κ3) is 3.70. The SMILES string of the molecule is COc1cc(/C=N/Nc2ncnc3c2c(C)nn3-c2ccc(Cl)cc2)ccc1O. The molecule has 2 heterocycles. The summed E-state index contributed by atoms with van der Waals surface area (Å²) in [6, 6.07) is 12.3. The molecule has 4 rings (SSSR count). The summed E-state index contributed by atoms with van der Waals surface area (Å²) in [6.07, 6.45) is 3.06. The van der Waals surface area contributed by atoms with E-state index in [9.17, 15) is 5.11 Å². The Bertz CT molecular complexity index is 1200.